The van der Waals surface area contributed by atoms with Crippen molar-refractivity contribution in [3.63, 3.8) is 0 Å². The summed E-state index contributed by atoms with van der Waals surface area (Å²) in [5.74, 6) is 0. The molecule has 0 aliphatic heterocycles. The van der Waals surface area contributed by atoms with Crippen LogP contribution in [-0.2, 0) is 0 Å². The van der Waals surface area contributed by atoms with E-state index >= 15 is 0 Å². The van der Waals surface area contributed by atoms with Crippen molar-refractivity contribution in [1.82, 2.24) is 0 Å². The van der Waals surface area contributed by atoms with E-state index in [0.29, 0.717) is 0 Å². The van der Waals surface area contributed by atoms with Crippen LogP contribution in [0.1, 0.15) is 0 Å². The molecule has 0 spiro atoms. The molecule has 0 unspecified atom stereocenters. The first-order valence-electron chi connectivity index (χ1n) is 14.8. The maximum atomic E-state index is 6.55. The summed E-state index contributed by atoms with van der Waals surface area (Å²) in [6.07, 6.45) is 0. The minimum atomic E-state index is 0.833. The molecule has 0 fully saturated rings. The quantitative estimate of drug-likeness (QED) is 0.214. The summed E-state index contributed by atoms with van der Waals surface area (Å²) in [6, 6.07) is 48.3. The lowest BCUT2D eigenvalue weighted by Gasteiger charge is -2.25. The lowest BCUT2D eigenvalue weighted by Crippen LogP contribution is -2.09. The van der Waals surface area contributed by atoms with Gasteiger partial charge in [0.1, 0.15) is 27.9 Å². The highest BCUT2D eigenvalue weighted by Crippen LogP contribution is 2.44. The van der Waals surface area contributed by atoms with Crippen LogP contribution < -0.4 is 4.90 Å². The van der Waals surface area contributed by atoms with E-state index in [1.807, 2.05) is 30.3 Å². The fourth-order valence-corrected chi connectivity index (χ4v) is 6.78. The van der Waals surface area contributed by atoms with E-state index < -0.39 is 0 Å². The third-order valence-electron chi connectivity index (χ3n) is 8.81. The van der Waals surface area contributed by atoms with Crippen LogP contribution in [-0.4, -0.2) is 0 Å². The second-order valence-corrected chi connectivity index (χ2v) is 11.3. The highest BCUT2D eigenvalue weighted by Gasteiger charge is 2.20. The minimum absolute atomic E-state index is 0.833. The van der Waals surface area contributed by atoms with Gasteiger partial charge in [0.2, 0.25) is 0 Å². The molecule has 3 heterocycles. The van der Waals surface area contributed by atoms with Crippen LogP contribution in [0.15, 0.2) is 153 Å². The molecule has 0 aliphatic carbocycles. The monoisotopic (exact) mass is 565 g/mol. The zero-order chi connectivity index (χ0) is 28.8. The van der Waals surface area contributed by atoms with Crippen molar-refractivity contribution in [2.24, 2.45) is 0 Å². The molecule has 0 saturated heterocycles. The van der Waals surface area contributed by atoms with Gasteiger partial charge in [-0.2, -0.15) is 0 Å². The highest BCUT2D eigenvalue weighted by molar-refractivity contribution is 6.16. The minimum Gasteiger partial charge on any atom is -0.456 e. The Hall–Kier alpha value is -6.00. The van der Waals surface area contributed by atoms with Crippen LogP contribution in [0.3, 0.4) is 0 Å². The summed E-state index contributed by atoms with van der Waals surface area (Å²) in [5, 5.41) is 8.88. The van der Waals surface area contributed by atoms with E-state index in [1.54, 1.807) is 0 Å². The summed E-state index contributed by atoms with van der Waals surface area (Å²) in [7, 11) is 0. The Morgan fingerprint density at radius 1 is 0.341 bits per heavy atom. The Labute approximate surface area is 250 Å². The summed E-state index contributed by atoms with van der Waals surface area (Å²) in [4.78, 5) is 2.24. The van der Waals surface area contributed by atoms with Gasteiger partial charge in [0.15, 0.2) is 5.58 Å². The number of furan rings is 3. The molecule has 0 atom stereocenters. The van der Waals surface area contributed by atoms with Gasteiger partial charge in [-0.25, -0.2) is 0 Å². The average Bonchev–Trinajstić information content (AvgIpc) is 3.74. The number of nitrogens with zero attached hydrogens (tertiary/aromatic N) is 1. The summed E-state index contributed by atoms with van der Waals surface area (Å²) in [6.45, 7) is 0. The van der Waals surface area contributed by atoms with Crippen LogP contribution in [0.2, 0.25) is 0 Å². The molecule has 0 N–H and O–H groups in total. The van der Waals surface area contributed by atoms with Crippen molar-refractivity contribution in [1.29, 1.82) is 0 Å². The van der Waals surface area contributed by atoms with E-state index in [2.05, 4.69) is 114 Å². The van der Waals surface area contributed by atoms with Crippen LogP contribution in [0, 0.1) is 0 Å². The molecular weight excluding hydrogens is 542 g/mol. The predicted molar refractivity (Wildman–Crippen MR) is 180 cm³/mol. The second-order valence-electron chi connectivity index (χ2n) is 11.3. The predicted octanol–water partition coefficient (Wildman–Crippen LogP) is 12.0. The normalized spacial score (nSPS) is 12.1. The van der Waals surface area contributed by atoms with Crippen molar-refractivity contribution >= 4 is 93.7 Å². The molecule has 0 bridgehead atoms. The van der Waals surface area contributed by atoms with Crippen LogP contribution in [0.5, 0.6) is 0 Å². The van der Waals surface area contributed by atoms with Gasteiger partial charge in [-0.05, 0) is 77.5 Å². The van der Waals surface area contributed by atoms with Crippen LogP contribution in [0.25, 0.3) is 76.6 Å². The standard InChI is InChI=1S/C40H23NO3/c1-2-9-26(10-3-1)41(34-14-8-13-31-28-11-4-7-16-36(28)44-40(31)34)27-17-18-30-33-20-24-19-32-29-12-5-6-15-35(29)42-37(32)21-25(24)22-38(33)43-39(30)23-27/h1-23H. The third-order valence-corrected chi connectivity index (χ3v) is 8.81. The fourth-order valence-electron chi connectivity index (χ4n) is 6.78. The lowest BCUT2D eigenvalue weighted by atomic mass is 10.0. The largest absolute Gasteiger partial charge is 0.456 e. The van der Waals surface area contributed by atoms with Crippen molar-refractivity contribution in [3.8, 4) is 0 Å². The number of hydrogen-bond acceptors (Lipinski definition) is 4. The van der Waals surface area contributed by atoms with Gasteiger partial charge in [-0.3, -0.25) is 0 Å². The molecule has 10 aromatic rings. The summed E-state index contributed by atoms with van der Waals surface area (Å²) >= 11 is 0. The molecule has 4 nitrogen and oxygen atoms in total. The number of anilines is 3. The molecule has 0 radical (unpaired) electrons. The van der Waals surface area contributed by atoms with E-state index in [9.17, 15) is 0 Å². The van der Waals surface area contributed by atoms with E-state index in [1.165, 1.54) is 0 Å². The topological polar surface area (TPSA) is 42.7 Å². The maximum Gasteiger partial charge on any atom is 0.159 e. The molecular formula is C40H23NO3. The Kier molecular flexibility index (Phi) is 4.69. The molecule has 3 aromatic heterocycles. The number of benzene rings is 7. The molecule has 44 heavy (non-hydrogen) atoms. The number of hydrogen-bond donors (Lipinski definition) is 0. The van der Waals surface area contributed by atoms with Crippen molar-refractivity contribution in [2.75, 3.05) is 4.90 Å². The van der Waals surface area contributed by atoms with Gasteiger partial charge >= 0.3 is 0 Å². The Balaban J connectivity index is 1.18. The van der Waals surface area contributed by atoms with Gasteiger partial charge in [0, 0.05) is 44.1 Å². The molecule has 0 saturated carbocycles. The van der Waals surface area contributed by atoms with E-state index in [0.717, 1.165) is 93.7 Å². The first kappa shape index (κ1) is 23.6. The molecule has 4 heteroatoms. The van der Waals surface area contributed by atoms with Gasteiger partial charge in [-0.1, -0.05) is 66.7 Å². The van der Waals surface area contributed by atoms with Gasteiger partial charge < -0.3 is 18.2 Å². The van der Waals surface area contributed by atoms with Gasteiger partial charge in [-0.15, -0.1) is 0 Å². The van der Waals surface area contributed by atoms with E-state index in [4.69, 9.17) is 13.3 Å². The van der Waals surface area contributed by atoms with Crippen molar-refractivity contribution < 1.29 is 13.3 Å². The van der Waals surface area contributed by atoms with E-state index in [-0.39, 0.29) is 0 Å². The zero-order valence-corrected chi connectivity index (χ0v) is 23.5. The smallest absolute Gasteiger partial charge is 0.159 e. The third kappa shape index (κ3) is 3.33. The zero-order valence-electron chi connectivity index (χ0n) is 23.5. The first-order chi connectivity index (χ1) is 21.8. The maximum absolute atomic E-state index is 6.55. The van der Waals surface area contributed by atoms with Crippen molar-refractivity contribution in [2.45, 2.75) is 0 Å². The second kappa shape index (κ2) is 8.76. The Morgan fingerprint density at radius 2 is 0.909 bits per heavy atom. The average molecular weight is 566 g/mol. The molecule has 0 amide bonds. The fraction of sp³-hybridized carbons (Fsp3) is 0. The summed E-state index contributed by atoms with van der Waals surface area (Å²) in [5.41, 5.74) is 8.20. The number of rotatable bonds is 3. The molecule has 7 aromatic carbocycles. The van der Waals surface area contributed by atoms with Gasteiger partial charge in [0.25, 0.3) is 0 Å². The molecule has 10 rings (SSSR count). The molecule has 0 aliphatic rings. The number of para-hydroxylation sites is 4. The lowest BCUT2D eigenvalue weighted by molar-refractivity contribution is 0.667. The Morgan fingerprint density at radius 3 is 1.68 bits per heavy atom. The Bertz CT molecular complexity index is 2730. The first-order valence-corrected chi connectivity index (χ1v) is 14.8. The molecule has 206 valence electrons. The SMILES string of the molecule is c1ccc(N(c2ccc3c(c2)oc2cc4cc5oc6ccccc6c5cc4cc23)c2cccc3c2oc2ccccc23)cc1. The van der Waals surface area contributed by atoms with Crippen molar-refractivity contribution in [3.05, 3.63) is 140 Å². The van der Waals surface area contributed by atoms with Gasteiger partial charge in [0.05, 0.1) is 11.4 Å². The number of fused-ring (bicyclic) bond motifs is 10. The van der Waals surface area contributed by atoms with Crippen LogP contribution >= 0.6 is 0 Å². The van der Waals surface area contributed by atoms with Crippen LogP contribution in [0.4, 0.5) is 17.1 Å². The summed E-state index contributed by atoms with van der Waals surface area (Å²) < 4.78 is 19.2. The highest BCUT2D eigenvalue weighted by atomic mass is 16.3.